The van der Waals surface area contributed by atoms with Crippen LogP contribution in [0.15, 0.2) is 46.0 Å². The molecule has 29 heavy (non-hydrogen) atoms. The molecule has 0 N–H and O–H groups in total. The SMILES string of the molecule is C=C/C(=C\C=C\c1coc2c(c1=O)=C(OP(=O)([O-])[O-])CC(OP(=O)([O-])[O-])C=2)OC. The largest absolute Gasteiger partial charge is 0.790 e. The van der Waals surface area contributed by atoms with E-state index in [0.717, 1.165) is 12.3 Å². The highest BCUT2D eigenvalue weighted by atomic mass is 31.2. The van der Waals surface area contributed by atoms with Gasteiger partial charge in [-0.3, -0.25) is 4.79 Å². The van der Waals surface area contributed by atoms with Gasteiger partial charge in [0.15, 0.2) is 0 Å². The zero-order chi connectivity index (χ0) is 21.8. The molecule has 1 heterocycles. The Kier molecular flexibility index (Phi) is 7.20. The molecule has 0 aromatic carbocycles. The first-order chi connectivity index (χ1) is 13.4. The van der Waals surface area contributed by atoms with Crippen LogP contribution in [0.25, 0.3) is 17.9 Å². The molecule has 2 rings (SSSR count). The van der Waals surface area contributed by atoms with Crippen LogP contribution in [0, 0.1) is 0 Å². The Hall–Kier alpha value is -2.23. The third-order valence-corrected chi connectivity index (χ3v) is 4.48. The maximum Gasteiger partial charge on any atom is 0.203 e. The van der Waals surface area contributed by atoms with Crippen LogP contribution in [0.4, 0.5) is 0 Å². The first-order valence-corrected chi connectivity index (χ1v) is 10.7. The van der Waals surface area contributed by atoms with E-state index in [-0.39, 0.29) is 11.0 Å². The lowest BCUT2D eigenvalue weighted by Gasteiger charge is -2.35. The molecular formula is C16H14O11P2-4. The summed E-state index contributed by atoms with van der Waals surface area (Å²) in [6.07, 6.45) is 5.44. The molecule has 1 aliphatic carbocycles. The second-order valence-corrected chi connectivity index (χ2v) is 7.70. The normalized spacial score (nSPS) is 17.6. The standard InChI is InChI=1S/C16H18O11P2/c1-3-11(24-2)6-4-5-10-9-25-13-7-12(26-28(18,19)20)8-14(15(13)16(10)17)27-29(21,22)23/h3-7,9,12H,1,8H2,2H3,(H2,18,19,20)(H2,21,22,23)/p-4/b5-4+,11-6+. The first kappa shape index (κ1) is 23.1. The van der Waals surface area contributed by atoms with Gasteiger partial charge in [-0.05, 0) is 24.3 Å². The zero-order valence-electron chi connectivity index (χ0n) is 14.8. The molecule has 1 aromatic heterocycles. The van der Waals surface area contributed by atoms with E-state index in [4.69, 9.17) is 9.15 Å². The van der Waals surface area contributed by atoms with Gasteiger partial charge in [0.2, 0.25) is 5.43 Å². The fourth-order valence-electron chi connectivity index (χ4n) is 2.43. The van der Waals surface area contributed by atoms with Crippen molar-refractivity contribution in [2.45, 2.75) is 12.5 Å². The quantitative estimate of drug-likeness (QED) is 0.239. The van der Waals surface area contributed by atoms with Crippen LogP contribution in [0.3, 0.4) is 0 Å². The van der Waals surface area contributed by atoms with Gasteiger partial charge in [0.25, 0.3) is 0 Å². The van der Waals surface area contributed by atoms with Crippen LogP contribution in [-0.2, 0) is 22.9 Å². The number of phosphoric acid groups is 2. The summed E-state index contributed by atoms with van der Waals surface area (Å²) in [6.45, 7) is 3.52. The third kappa shape index (κ3) is 6.66. The maximum atomic E-state index is 12.7. The highest BCUT2D eigenvalue weighted by Crippen LogP contribution is 2.35. The molecule has 0 amide bonds. The van der Waals surface area contributed by atoms with Crippen molar-refractivity contribution in [2.24, 2.45) is 0 Å². The predicted molar refractivity (Wildman–Crippen MR) is 92.2 cm³/mol. The van der Waals surface area contributed by atoms with Gasteiger partial charge < -0.3 is 46.9 Å². The average molecular weight is 444 g/mol. The maximum absolute atomic E-state index is 12.7. The average Bonchev–Trinajstić information content (AvgIpc) is 2.57. The number of phosphoric ester groups is 2. The minimum Gasteiger partial charge on any atom is -0.790 e. The molecule has 1 aliphatic rings. The molecule has 0 saturated heterocycles. The first-order valence-electron chi connectivity index (χ1n) is 7.77. The van der Waals surface area contributed by atoms with Crippen LogP contribution in [0.2, 0.25) is 0 Å². The van der Waals surface area contributed by atoms with Gasteiger partial charge in [0.05, 0.1) is 26.6 Å². The van der Waals surface area contributed by atoms with Gasteiger partial charge in [-0.25, -0.2) is 0 Å². The van der Waals surface area contributed by atoms with Crippen molar-refractivity contribution in [3.8, 4) is 0 Å². The second kappa shape index (κ2) is 9.06. The highest BCUT2D eigenvalue weighted by Gasteiger charge is 2.22. The van der Waals surface area contributed by atoms with Crippen molar-refractivity contribution in [3.05, 3.63) is 63.3 Å². The Balaban J connectivity index is 2.62. The minimum absolute atomic E-state index is 0.0432. The van der Waals surface area contributed by atoms with Gasteiger partial charge in [0, 0.05) is 6.42 Å². The van der Waals surface area contributed by atoms with E-state index < -0.39 is 44.6 Å². The van der Waals surface area contributed by atoms with Crippen LogP contribution >= 0.6 is 15.6 Å². The van der Waals surface area contributed by atoms with Crippen LogP contribution in [0.1, 0.15) is 12.0 Å². The number of ether oxygens (including phenoxy) is 1. The fraction of sp³-hybridized carbons (Fsp3) is 0.188. The Morgan fingerprint density at radius 1 is 1.28 bits per heavy atom. The summed E-state index contributed by atoms with van der Waals surface area (Å²) in [5, 5.41) is -0.412. The molecule has 1 aromatic rings. The highest BCUT2D eigenvalue weighted by molar-refractivity contribution is 7.43. The molecular weight excluding hydrogens is 430 g/mol. The van der Waals surface area contributed by atoms with Crippen LogP contribution < -0.4 is 35.6 Å². The summed E-state index contributed by atoms with van der Waals surface area (Å²) < 4.78 is 40.6. The number of fused-ring (bicyclic) bond motifs is 1. The number of methoxy groups -OCH3 is 1. The van der Waals surface area contributed by atoms with Gasteiger partial charge in [-0.15, -0.1) is 0 Å². The monoisotopic (exact) mass is 444 g/mol. The van der Waals surface area contributed by atoms with Gasteiger partial charge in [-0.2, -0.15) is 0 Å². The summed E-state index contributed by atoms with van der Waals surface area (Å²) in [7, 11) is -9.66. The minimum atomic E-state index is -5.61. The Labute approximate surface area is 164 Å². The number of rotatable bonds is 8. The number of hydrogen-bond acceptors (Lipinski definition) is 11. The molecule has 0 bridgehead atoms. The summed E-state index contributed by atoms with van der Waals surface area (Å²) >= 11 is 0. The molecule has 0 aliphatic heterocycles. The van der Waals surface area contributed by atoms with Crippen LogP contribution in [-0.4, -0.2) is 13.2 Å². The smallest absolute Gasteiger partial charge is 0.203 e. The van der Waals surface area contributed by atoms with Crippen molar-refractivity contribution < 1.29 is 46.9 Å². The number of hydrogen-bond donors (Lipinski definition) is 0. The molecule has 0 radical (unpaired) electrons. The molecule has 0 saturated carbocycles. The summed E-state index contributed by atoms with van der Waals surface area (Å²) in [4.78, 5) is 56.4. The van der Waals surface area contributed by atoms with E-state index >= 15 is 0 Å². The Bertz CT molecular complexity index is 1120. The van der Waals surface area contributed by atoms with E-state index in [1.165, 1.54) is 31.4 Å². The molecule has 0 fully saturated rings. The molecule has 1 atom stereocenters. The molecule has 13 heteroatoms. The van der Waals surface area contributed by atoms with Crippen LogP contribution in [0.5, 0.6) is 0 Å². The molecule has 11 nitrogen and oxygen atoms in total. The molecule has 1 unspecified atom stereocenters. The van der Waals surface area contributed by atoms with Gasteiger partial charge >= 0.3 is 0 Å². The topological polar surface area (TPSA) is 184 Å². The Morgan fingerprint density at radius 3 is 2.52 bits per heavy atom. The fourth-order valence-corrected chi connectivity index (χ4v) is 3.33. The van der Waals surface area contributed by atoms with Crippen molar-refractivity contribution >= 4 is 33.6 Å². The summed E-state index contributed by atoms with van der Waals surface area (Å²) in [5.41, 5.74) is -1.13. The lowest BCUT2D eigenvalue weighted by atomic mass is 10.1. The number of allylic oxidation sites excluding steroid dienone is 3. The van der Waals surface area contributed by atoms with Crippen molar-refractivity contribution in [3.63, 3.8) is 0 Å². The van der Waals surface area contributed by atoms with Gasteiger partial charge in [0.1, 0.15) is 36.2 Å². The molecule has 0 spiro atoms. The molecule has 158 valence electrons. The van der Waals surface area contributed by atoms with E-state index in [0.29, 0.717) is 5.76 Å². The van der Waals surface area contributed by atoms with E-state index in [1.807, 2.05) is 0 Å². The zero-order valence-corrected chi connectivity index (χ0v) is 16.6. The summed E-state index contributed by atoms with van der Waals surface area (Å²) in [6, 6.07) is 0. The van der Waals surface area contributed by atoms with Crippen molar-refractivity contribution in [1.29, 1.82) is 0 Å². The van der Waals surface area contributed by atoms with E-state index in [9.17, 15) is 33.5 Å². The second-order valence-electron chi connectivity index (χ2n) is 5.52. The van der Waals surface area contributed by atoms with E-state index in [2.05, 4.69) is 15.6 Å². The lowest BCUT2D eigenvalue weighted by molar-refractivity contribution is -0.343. The summed E-state index contributed by atoms with van der Waals surface area (Å²) in [5.74, 6) is -0.302. The van der Waals surface area contributed by atoms with E-state index in [1.54, 1.807) is 0 Å². The Morgan fingerprint density at radius 2 is 1.97 bits per heavy atom. The third-order valence-electron chi connectivity index (χ3n) is 3.51. The van der Waals surface area contributed by atoms with Gasteiger partial charge in [-0.1, -0.05) is 12.7 Å². The lowest BCUT2D eigenvalue weighted by Crippen LogP contribution is -2.46. The van der Waals surface area contributed by atoms with Crippen molar-refractivity contribution in [1.82, 2.24) is 0 Å². The van der Waals surface area contributed by atoms with Crippen molar-refractivity contribution in [2.75, 3.05) is 7.11 Å². The predicted octanol–water partition coefficient (Wildman–Crippen LogP) is -2.28.